The average molecular weight is 287 g/mol. The van der Waals surface area contributed by atoms with Crippen LogP contribution in [0, 0.1) is 5.92 Å². The molecule has 3 rings (SSSR count). The van der Waals surface area contributed by atoms with Gasteiger partial charge in [-0.05, 0) is 58.4 Å². The maximum atomic E-state index is 4.75. The number of aromatic nitrogens is 1. The standard InChI is InChI=1S/C18H29N3/c1-18(2,3)20-13-15-8-5-11-19-17(15)21-12-6-9-14-7-4-10-16(14)21/h5,8,11,14,16,20H,4,6-7,9-10,12-13H2,1-3H3. The zero-order valence-corrected chi connectivity index (χ0v) is 13.7. The molecule has 1 N–H and O–H groups in total. The molecule has 0 spiro atoms. The molecule has 0 amide bonds. The van der Waals surface area contributed by atoms with Crippen molar-refractivity contribution in [2.24, 2.45) is 5.92 Å². The van der Waals surface area contributed by atoms with Gasteiger partial charge in [0.15, 0.2) is 0 Å². The van der Waals surface area contributed by atoms with Gasteiger partial charge in [-0.3, -0.25) is 0 Å². The van der Waals surface area contributed by atoms with Crippen LogP contribution in [0.1, 0.15) is 58.4 Å². The maximum absolute atomic E-state index is 4.75. The third-order valence-electron chi connectivity index (χ3n) is 4.94. The Labute approximate surface area is 129 Å². The molecular weight excluding hydrogens is 258 g/mol. The summed E-state index contributed by atoms with van der Waals surface area (Å²) in [6.07, 6.45) is 8.87. The topological polar surface area (TPSA) is 28.2 Å². The fourth-order valence-corrected chi connectivity index (χ4v) is 3.90. The first kappa shape index (κ1) is 14.8. The molecule has 1 aliphatic carbocycles. The molecule has 3 nitrogen and oxygen atoms in total. The van der Waals surface area contributed by atoms with E-state index in [4.69, 9.17) is 4.98 Å². The van der Waals surface area contributed by atoms with E-state index in [0.29, 0.717) is 0 Å². The summed E-state index contributed by atoms with van der Waals surface area (Å²) in [6, 6.07) is 5.04. The summed E-state index contributed by atoms with van der Waals surface area (Å²) in [4.78, 5) is 7.36. The zero-order valence-electron chi connectivity index (χ0n) is 13.7. The Morgan fingerprint density at radius 3 is 2.86 bits per heavy atom. The van der Waals surface area contributed by atoms with Crippen molar-refractivity contribution in [3.05, 3.63) is 23.9 Å². The van der Waals surface area contributed by atoms with Gasteiger partial charge in [-0.15, -0.1) is 0 Å². The van der Waals surface area contributed by atoms with E-state index in [1.165, 1.54) is 50.0 Å². The number of anilines is 1. The van der Waals surface area contributed by atoms with E-state index in [9.17, 15) is 0 Å². The Bertz CT molecular complexity index is 478. The van der Waals surface area contributed by atoms with E-state index >= 15 is 0 Å². The van der Waals surface area contributed by atoms with Gasteiger partial charge in [-0.25, -0.2) is 4.98 Å². The number of pyridine rings is 1. The van der Waals surface area contributed by atoms with Gasteiger partial charge in [0.05, 0.1) is 0 Å². The normalized spacial score (nSPS) is 26.0. The zero-order chi connectivity index (χ0) is 14.9. The highest BCUT2D eigenvalue weighted by atomic mass is 15.2. The average Bonchev–Trinajstić information content (AvgIpc) is 2.93. The van der Waals surface area contributed by atoms with Gasteiger partial charge in [0.25, 0.3) is 0 Å². The molecule has 3 heteroatoms. The molecule has 116 valence electrons. The van der Waals surface area contributed by atoms with Crippen LogP contribution in [0.4, 0.5) is 5.82 Å². The highest BCUT2D eigenvalue weighted by Crippen LogP contribution is 2.39. The fraction of sp³-hybridized carbons (Fsp3) is 0.722. The highest BCUT2D eigenvalue weighted by molar-refractivity contribution is 5.48. The number of hydrogen-bond acceptors (Lipinski definition) is 3. The number of hydrogen-bond donors (Lipinski definition) is 1. The molecule has 2 atom stereocenters. The third kappa shape index (κ3) is 3.39. The number of nitrogens with zero attached hydrogens (tertiary/aromatic N) is 2. The first-order valence-corrected chi connectivity index (χ1v) is 8.50. The van der Waals surface area contributed by atoms with Crippen molar-refractivity contribution in [1.29, 1.82) is 0 Å². The third-order valence-corrected chi connectivity index (χ3v) is 4.94. The van der Waals surface area contributed by atoms with Crippen LogP contribution in [0.2, 0.25) is 0 Å². The minimum Gasteiger partial charge on any atom is -0.353 e. The van der Waals surface area contributed by atoms with Gasteiger partial charge >= 0.3 is 0 Å². The van der Waals surface area contributed by atoms with Gasteiger partial charge in [0.2, 0.25) is 0 Å². The second-order valence-electron chi connectivity index (χ2n) is 7.68. The Morgan fingerprint density at radius 1 is 1.24 bits per heavy atom. The molecule has 2 aliphatic rings. The van der Waals surface area contributed by atoms with Crippen LogP contribution in [-0.2, 0) is 6.54 Å². The van der Waals surface area contributed by atoms with Crippen LogP contribution in [0.15, 0.2) is 18.3 Å². The van der Waals surface area contributed by atoms with Gasteiger partial charge < -0.3 is 10.2 Å². The number of piperidine rings is 1. The second-order valence-corrected chi connectivity index (χ2v) is 7.68. The summed E-state index contributed by atoms with van der Waals surface area (Å²) in [5.74, 6) is 2.13. The predicted octanol–water partition coefficient (Wildman–Crippen LogP) is 3.74. The molecule has 1 aromatic rings. The lowest BCUT2D eigenvalue weighted by molar-refractivity contribution is 0.359. The van der Waals surface area contributed by atoms with Gasteiger partial charge in [0, 0.05) is 36.4 Å². The number of fused-ring (bicyclic) bond motifs is 1. The summed E-state index contributed by atoms with van der Waals surface area (Å²) in [5, 5.41) is 3.61. The lowest BCUT2D eigenvalue weighted by atomic mass is 9.91. The minimum absolute atomic E-state index is 0.144. The summed E-state index contributed by atoms with van der Waals surface area (Å²) < 4.78 is 0. The Morgan fingerprint density at radius 2 is 2.05 bits per heavy atom. The van der Waals surface area contributed by atoms with Crippen molar-refractivity contribution in [2.45, 2.75) is 71.0 Å². The molecule has 2 unspecified atom stereocenters. The first-order valence-electron chi connectivity index (χ1n) is 8.50. The van der Waals surface area contributed by atoms with Crippen LogP contribution >= 0.6 is 0 Å². The second kappa shape index (κ2) is 5.96. The van der Waals surface area contributed by atoms with Crippen LogP contribution in [0.25, 0.3) is 0 Å². The highest BCUT2D eigenvalue weighted by Gasteiger charge is 2.36. The Kier molecular flexibility index (Phi) is 4.21. The van der Waals surface area contributed by atoms with Crippen LogP contribution in [0.5, 0.6) is 0 Å². The monoisotopic (exact) mass is 287 g/mol. The van der Waals surface area contributed by atoms with Crippen molar-refractivity contribution in [3.63, 3.8) is 0 Å². The molecule has 2 fully saturated rings. The van der Waals surface area contributed by atoms with Crippen molar-refractivity contribution < 1.29 is 0 Å². The van der Waals surface area contributed by atoms with Gasteiger partial charge in [-0.1, -0.05) is 12.5 Å². The Hall–Kier alpha value is -1.09. The lowest BCUT2D eigenvalue weighted by Gasteiger charge is -2.39. The maximum Gasteiger partial charge on any atom is 0.133 e. The van der Waals surface area contributed by atoms with Gasteiger partial charge in [-0.2, -0.15) is 0 Å². The number of nitrogens with one attached hydrogen (secondary N) is 1. The minimum atomic E-state index is 0.144. The molecule has 0 aromatic carbocycles. The molecule has 1 saturated heterocycles. The van der Waals surface area contributed by atoms with Crippen molar-refractivity contribution in [3.8, 4) is 0 Å². The largest absolute Gasteiger partial charge is 0.353 e. The molecular formula is C18H29N3. The van der Waals surface area contributed by atoms with E-state index in [-0.39, 0.29) is 5.54 Å². The molecule has 1 saturated carbocycles. The van der Waals surface area contributed by atoms with E-state index in [2.05, 4.69) is 43.1 Å². The predicted molar refractivity (Wildman–Crippen MR) is 88.5 cm³/mol. The smallest absolute Gasteiger partial charge is 0.133 e. The van der Waals surface area contributed by atoms with E-state index in [0.717, 1.165) is 18.5 Å². The van der Waals surface area contributed by atoms with Crippen molar-refractivity contribution in [1.82, 2.24) is 10.3 Å². The van der Waals surface area contributed by atoms with E-state index in [1.54, 1.807) is 0 Å². The first-order chi connectivity index (χ1) is 10.0. The van der Waals surface area contributed by atoms with Crippen molar-refractivity contribution >= 4 is 5.82 Å². The molecule has 2 heterocycles. The number of rotatable bonds is 3. The van der Waals surface area contributed by atoms with E-state index < -0.39 is 0 Å². The Balaban J connectivity index is 1.81. The van der Waals surface area contributed by atoms with Gasteiger partial charge in [0.1, 0.15) is 5.82 Å². The molecule has 21 heavy (non-hydrogen) atoms. The summed E-state index contributed by atoms with van der Waals surface area (Å²) >= 11 is 0. The lowest BCUT2D eigenvalue weighted by Crippen LogP contribution is -2.44. The van der Waals surface area contributed by atoms with E-state index in [1.807, 2.05) is 6.20 Å². The van der Waals surface area contributed by atoms with Crippen LogP contribution < -0.4 is 10.2 Å². The molecule has 0 radical (unpaired) electrons. The molecule has 0 bridgehead atoms. The summed E-state index contributed by atoms with van der Waals surface area (Å²) in [6.45, 7) is 8.74. The summed E-state index contributed by atoms with van der Waals surface area (Å²) in [7, 11) is 0. The quantitative estimate of drug-likeness (QED) is 0.918. The summed E-state index contributed by atoms with van der Waals surface area (Å²) in [5.41, 5.74) is 1.49. The fourth-order valence-electron chi connectivity index (χ4n) is 3.90. The molecule has 1 aliphatic heterocycles. The van der Waals surface area contributed by atoms with Crippen molar-refractivity contribution in [2.75, 3.05) is 11.4 Å². The SMILES string of the molecule is CC(C)(C)NCc1cccnc1N1CCCC2CCCC21. The van der Waals surface area contributed by atoms with Crippen LogP contribution in [-0.4, -0.2) is 23.1 Å². The van der Waals surface area contributed by atoms with Crippen LogP contribution in [0.3, 0.4) is 0 Å². The molecule has 1 aromatic heterocycles.